The molecule has 1 aromatic rings. The Morgan fingerprint density at radius 1 is 1.44 bits per heavy atom. The molecule has 1 amide bonds. The molecule has 0 fully saturated rings. The van der Waals surface area contributed by atoms with Gasteiger partial charge in [-0.25, -0.2) is 5.84 Å². The molecule has 0 aromatic heterocycles. The van der Waals surface area contributed by atoms with Crippen molar-refractivity contribution in [2.24, 2.45) is 11.3 Å². The largest absolute Gasteiger partial charge is 0.301 e. The van der Waals surface area contributed by atoms with Gasteiger partial charge in [0.15, 0.2) is 0 Å². The lowest BCUT2D eigenvalue weighted by molar-refractivity contribution is -0.130. The third-order valence-corrected chi connectivity index (χ3v) is 2.95. The van der Waals surface area contributed by atoms with E-state index in [9.17, 15) is 4.79 Å². The Kier molecular flexibility index (Phi) is 4.87. The van der Waals surface area contributed by atoms with Gasteiger partial charge >= 0.3 is 0 Å². The number of carbonyl (C=O) groups is 1. The molecule has 0 atom stereocenters. The van der Waals surface area contributed by atoms with Crippen LogP contribution in [0.5, 0.6) is 0 Å². The van der Waals surface area contributed by atoms with Crippen molar-refractivity contribution in [3.8, 4) is 0 Å². The maximum atomic E-state index is 11.6. The molecule has 0 saturated carbocycles. The minimum Gasteiger partial charge on any atom is -0.301 e. The van der Waals surface area contributed by atoms with Crippen molar-refractivity contribution >= 4 is 5.91 Å². The van der Waals surface area contributed by atoms with Crippen molar-refractivity contribution in [1.29, 1.82) is 0 Å². The second-order valence-electron chi connectivity index (χ2n) is 5.52. The van der Waals surface area contributed by atoms with E-state index >= 15 is 0 Å². The lowest BCUT2D eigenvalue weighted by Gasteiger charge is -2.28. The number of hydrogen-bond acceptors (Lipinski definition) is 3. The summed E-state index contributed by atoms with van der Waals surface area (Å²) >= 11 is 0. The second-order valence-corrected chi connectivity index (χ2v) is 5.52. The molecule has 18 heavy (non-hydrogen) atoms. The van der Waals surface area contributed by atoms with E-state index in [0.717, 1.165) is 6.54 Å². The molecule has 4 heteroatoms. The first-order valence-corrected chi connectivity index (χ1v) is 6.10. The minimum absolute atomic E-state index is 0.140. The van der Waals surface area contributed by atoms with Crippen LogP contribution in [0.15, 0.2) is 24.3 Å². The summed E-state index contributed by atoms with van der Waals surface area (Å²) in [5, 5.41) is 0. The van der Waals surface area contributed by atoms with Crippen LogP contribution in [0.2, 0.25) is 0 Å². The first-order valence-electron chi connectivity index (χ1n) is 6.10. The molecule has 0 aliphatic rings. The maximum absolute atomic E-state index is 11.6. The molecule has 3 N–H and O–H groups in total. The number of aryl methyl sites for hydroxylation is 1. The molecule has 0 aliphatic carbocycles. The first-order chi connectivity index (χ1) is 8.35. The van der Waals surface area contributed by atoms with Gasteiger partial charge in [0.2, 0.25) is 5.91 Å². The Labute approximate surface area is 109 Å². The van der Waals surface area contributed by atoms with Gasteiger partial charge in [0.1, 0.15) is 0 Å². The van der Waals surface area contributed by atoms with Crippen LogP contribution in [0.25, 0.3) is 0 Å². The van der Waals surface area contributed by atoms with Crippen molar-refractivity contribution in [3.05, 3.63) is 35.4 Å². The van der Waals surface area contributed by atoms with Gasteiger partial charge in [-0.1, -0.05) is 29.8 Å². The molecular formula is C14H23N3O. The number of rotatable bonds is 5. The average Bonchev–Trinajstić information content (AvgIpc) is 2.26. The monoisotopic (exact) mass is 249 g/mol. The summed E-state index contributed by atoms with van der Waals surface area (Å²) in [5.41, 5.74) is 4.23. The van der Waals surface area contributed by atoms with Gasteiger partial charge in [-0.3, -0.25) is 10.2 Å². The zero-order valence-corrected chi connectivity index (χ0v) is 11.7. The summed E-state index contributed by atoms with van der Waals surface area (Å²) in [6.07, 6.45) is 0. The maximum Gasteiger partial charge on any atom is 0.240 e. The van der Waals surface area contributed by atoms with Gasteiger partial charge in [0.25, 0.3) is 0 Å². The summed E-state index contributed by atoms with van der Waals surface area (Å²) in [6, 6.07) is 8.39. The summed E-state index contributed by atoms with van der Waals surface area (Å²) in [6.45, 7) is 7.34. The quantitative estimate of drug-likeness (QED) is 0.472. The van der Waals surface area contributed by atoms with E-state index in [-0.39, 0.29) is 5.91 Å². The number of nitrogens with two attached hydrogens (primary N) is 1. The van der Waals surface area contributed by atoms with Crippen molar-refractivity contribution in [1.82, 2.24) is 10.3 Å². The Hall–Kier alpha value is -1.39. The van der Waals surface area contributed by atoms with Crippen molar-refractivity contribution in [2.75, 3.05) is 13.6 Å². The van der Waals surface area contributed by atoms with Crippen LogP contribution < -0.4 is 11.3 Å². The molecule has 0 spiro atoms. The summed E-state index contributed by atoms with van der Waals surface area (Å²) < 4.78 is 0. The first kappa shape index (κ1) is 14.7. The fraction of sp³-hybridized carbons (Fsp3) is 0.500. The molecule has 0 bridgehead atoms. The topological polar surface area (TPSA) is 58.4 Å². The summed E-state index contributed by atoms with van der Waals surface area (Å²) in [4.78, 5) is 13.7. The lowest BCUT2D eigenvalue weighted by atomic mass is 9.92. The number of nitrogens with one attached hydrogen (secondary N) is 1. The number of nitrogens with zero attached hydrogens (tertiary/aromatic N) is 1. The Bertz CT molecular complexity index is 415. The average molecular weight is 249 g/mol. The smallest absolute Gasteiger partial charge is 0.240 e. The highest BCUT2D eigenvalue weighted by atomic mass is 16.2. The van der Waals surface area contributed by atoms with E-state index in [4.69, 9.17) is 5.84 Å². The van der Waals surface area contributed by atoms with Crippen LogP contribution in [0.1, 0.15) is 25.0 Å². The predicted octanol–water partition coefficient (Wildman–Crippen LogP) is 1.44. The van der Waals surface area contributed by atoms with Crippen LogP contribution in [0, 0.1) is 12.3 Å². The Morgan fingerprint density at radius 2 is 2.11 bits per heavy atom. The third kappa shape index (κ3) is 4.13. The Morgan fingerprint density at radius 3 is 2.67 bits per heavy atom. The van der Waals surface area contributed by atoms with Gasteiger partial charge in [-0.05, 0) is 33.4 Å². The molecular weight excluding hydrogens is 226 g/mol. The lowest BCUT2D eigenvalue weighted by Crippen LogP contribution is -2.46. The zero-order valence-electron chi connectivity index (χ0n) is 11.7. The molecule has 0 radical (unpaired) electrons. The van der Waals surface area contributed by atoms with Crippen molar-refractivity contribution in [2.45, 2.75) is 27.3 Å². The van der Waals surface area contributed by atoms with E-state index in [2.05, 4.69) is 41.5 Å². The molecule has 0 heterocycles. The summed E-state index contributed by atoms with van der Waals surface area (Å²) in [5.74, 6) is 5.05. The molecule has 0 unspecified atom stereocenters. The molecule has 1 aromatic carbocycles. The van der Waals surface area contributed by atoms with Crippen LogP contribution >= 0.6 is 0 Å². The van der Waals surface area contributed by atoms with Crippen LogP contribution in [0.3, 0.4) is 0 Å². The Balaban J connectivity index is 2.61. The highest BCUT2D eigenvalue weighted by Gasteiger charge is 2.28. The van der Waals surface area contributed by atoms with Gasteiger partial charge in [-0.2, -0.15) is 0 Å². The highest BCUT2D eigenvalue weighted by molar-refractivity contribution is 5.81. The zero-order chi connectivity index (χ0) is 13.8. The number of amides is 1. The van der Waals surface area contributed by atoms with Crippen molar-refractivity contribution in [3.63, 3.8) is 0 Å². The second kappa shape index (κ2) is 5.98. The number of hydrogen-bond donors (Lipinski definition) is 2. The van der Waals surface area contributed by atoms with Crippen LogP contribution in [-0.4, -0.2) is 24.4 Å². The van der Waals surface area contributed by atoms with Gasteiger partial charge in [-0.15, -0.1) is 0 Å². The molecule has 0 saturated heterocycles. The molecule has 1 rings (SSSR count). The number of hydrazine groups is 1. The number of carbonyl (C=O) groups excluding carboxylic acids is 1. The van der Waals surface area contributed by atoms with Crippen molar-refractivity contribution < 1.29 is 4.79 Å². The fourth-order valence-electron chi connectivity index (χ4n) is 2.12. The predicted molar refractivity (Wildman–Crippen MR) is 73.6 cm³/mol. The third-order valence-electron chi connectivity index (χ3n) is 2.95. The van der Waals surface area contributed by atoms with Gasteiger partial charge in [0, 0.05) is 13.1 Å². The van der Waals surface area contributed by atoms with E-state index in [1.54, 1.807) is 0 Å². The highest BCUT2D eigenvalue weighted by Crippen LogP contribution is 2.17. The minimum atomic E-state index is -0.493. The van der Waals surface area contributed by atoms with Gasteiger partial charge in [0.05, 0.1) is 5.41 Å². The van der Waals surface area contributed by atoms with Gasteiger partial charge < -0.3 is 4.90 Å². The van der Waals surface area contributed by atoms with E-state index in [1.165, 1.54) is 11.1 Å². The number of benzene rings is 1. The normalized spacial score (nSPS) is 11.7. The molecule has 100 valence electrons. The molecule has 4 nitrogen and oxygen atoms in total. The van der Waals surface area contributed by atoms with Crippen LogP contribution in [0.4, 0.5) is 0 Å². The van der Waals surface area contributed by atoms with E-state index < -0.39 is 5.41 Å². The standard InChI is InChI=1S/C14H23N3O/c1-11-6-5-7-12(8-11)9-17(4)10-14(2,3)13(18)16-15/h5-8H,9-10,15H2,1-4H3,(H,16,18). The summed E-state index contributed by atoms with van der Waals surface area (Å²) in [7, 11) is 2.01. The van der Waals surface area contributed by atoms with E-state index in [0.29, 0.717) is 6.54 Å². The molecule has 0 aliphatic heterocycles. The van der Waals surface area contributed by atoms with E-state index in [1.807, 2.05) is 20.9 Å². The fourth-order valence-corrected chi connectivity index (χ4v) is 2.12. The van der Waals surface area contributed by atoms with Crippen LogP contribution in [-0.2, 0) is 11.3 Å². The SMILES string of the molecule is Cc1cccc(CN(C)CC(C)(C)C(=O)NN)c1.